The Hall–Kier alpha value is -1.55. The molecule has 1 atom stereocenters. The molecule has 1 heterocycles. The quantitative estimate of drug-likeness (QED) is 0.899. The highest BCUT2D eigenvalue weighted by atomic mass is 79.9. The lowest BCUT2D eigenvalue weighted by Crippen LogP contribution is -2.27. The zero-order chi connectivity index (χ0) is 14.9. The van der Waals surface area contributed by atoms with Crippen LogP contribution in [0.5, 0.6) is 0 Å². The zero-order valence-electron chi connectivity index (χ0n) is 12.1. The zero-order valence-corrected chi connectivity index (χ0v) is 13.7. The van der Waals surface area contributed by atoms with Gasteiger partial charge in [-0.1, -0.05) is 34.1 Å². The molecule has 1 N–H and O–H groups in total. The monoisotopic (exact) mass is 335 g/mol. The van der Waals surface area contributed by atoms with Crippen molar-refractivity contribution in [2.24, 2.45) is 0 Å². The molecular weight excluding hydrogens is 318 g/mol. The summed E-state index contributed by atoms with van der Waals surface area (Å²) >= 11 is 3.51. The highest BCUT2D eigenvalue weighted by Gasteiger charge is 2.20. The van der Waals surface area contributed by atoms with Gasteiger partial charge in [0.25, 0.3) is 5.91 Å². The molecule has 1 aromatic heterocycles. The second kappa shape index (κ2) is 5.83. The molecule has 0 saturated heterocycles. The van der Waals surface area contributed by atoms with Gasteiger partial charge < -0.3 is 9.73 Å². The van der Waals surface area contributed by atoms with Crippen LogP contribution in [0.1, 0.15) is 46.0 Å². The summed E-state index contributed by atoms with van der Waals surface area (Å²) in [6, 6.07) is 7.80. The van der Waals surface area contributed by atoms with E-state index in [-0.39, 0.29) is 11.9 Å². The number of benzene rings is 1. The van der Waals surface area contributed by atoms with Gasteiger partial charge in [0.05, 0.1) is 11.6 Å². The fraction of sp³-hybridized carbons (Fsp3) is 0.312. The Bertz CT molecular complexity index is 646. The number of hydrogen-bond donors (Lipinski definition) is 1. The summed E-state index contributed by atoms with van der Waals surface area (Å²) in [5.74, 6) is 1.36. The molecule has 106 valence electrons. The summed E-state index contributed by atoms with van der Waals surface area (Å²) in [5, 5.41) is 3.02. The van der Waals surface area contributed by atoms with Gasteiger partial charge in [-0.3, -0.25) is 4.79 Å². The minimum Gasteiger partial charge on any atom is -0.466 e. The summed E-state index contributed by atoms with van der Waals surface area (Å²) in [6.07, 6.45) is 0. The fourth-order valence-corrected chi connectivity index (χ4v) is 2.93. The van der Waals surface area contributed by atoms with E-state index in [0.717, 1.165) is 21.4 Å². The highest BCUT2D eigenvalue weighted by molar-refractivity contribution is 9.10. The first kappa shape index (κ1) is 14.9. The van der Waals surface area contributed by atoms with E-state index < -0.39 is 0 Å². The first-order chi connectivity index (χ1) is 9.41. The van der Waals surface area contributed by atoms with Crippen LogP contribution < -0.4 is 5.32 Å². The first-order valence-electron chi connectivity index (χ1n) is 6.53. The molecule has 2 aromatic rings. The van der Waals surface area contributed by atoms with E-state index in [1.165, 1.54) is 0 Å². The molecule has 0 bridgehead atoms. The maximum atomic E-state index is 12.4. The molecule has 0 radical (unpaired) electrons. The van der Waals surface area contributed by atoms with Crippen LogP contribution in [0.3, 0.4) is 0 Å². The third-order valence-corrected chi connectivity index (χ3v) is 4.23. The van der Waals surface area contributed by atoms with Crippen LogP contribution in [-0.4, -0.2) is 5.91 Å². The van der Waals surface area contributed by atoms with Gasteiger partial charge in [-0.25, -0.2) is 0 Å². The Balaban J connectivity index is 2.22. The van der Waals surface area contributed by atoms with Gasteiger partial charge in [-0.2, -0.15) is 0 Å². The van der Waals surface area contributed by atoms with Crippen LogP contribution in [0.15, 0.2) is 33.2 Å². The van der Waals surface area contributed by atoms with Crippen molar-refractivity contribution in [1.29, 1.82) is 0 Å². The van der Waals surface area contributed by atoms with E-state index in [4.69, 9.17) is 4.42 Å². The smallest absolute Gasteiger partial charge is 0.255 e. The number of nitrogens with one attached hydrogen (secondary N) is 1. The van der Waals surface area contributed by atoms with E-state index in [1.807, 2.05) is 52.0 Å². The van der Waals surface area contributed by atoms with E-state index in [9.17, 15) is 4.79 Å². The maximum Gasteiger partial charge on any atom is 0.255 e. The maximum absolute atomic E-state index is 12.4. The summed E-state index contributed by atoms with van der Waals surface area (Å²) in [4.78, 5) is 12.4. The molecule has 0 fully saturated rings. The molecule has 2 rings (SSSR count). The number of aryl methyl sites for hydroxylation is 2. The second-order valence-corrected chi connectivity index (χ2v) is 5.79. The lowest BCUT2D eigenvalue weighted by molar-refractivity contribution is 0.0937. The van der Waals surface area contributed by atoms with Crippen molar-refractivity contribution < 1.29 is 9.21 Å². The molecule has 0 aliphatic rings. The topological polar surface area (TPSA) is 42.2 Å². The summed E-state index contributed by atoms with van der Waals surface area (Å²) < 4.78 is 6.50. The van der Waals surface area contributed by atoms with Gasteiger partial charge in [0, 0.05) is 10.0 Å². The van der Waals surface area contributed by atoms with Crippen molar-refractivity contribution >= 4 is 21.8 Å². The Morgan fingerprint density at radius 1 is 1.20 bits per heavy atom. The SMILES string of the molecule is Cc1oc(C)c(C(=O)N[C@@H](C)c2ccccc2Br)c1C. The van der Waals surface area contributed by atoms with Crippen LogP contribution in [0.4, 0.5) is 0 Å². The average Bonchev–Trinajstić information content (AvgIpc) is 2.63. The van der Waals surface area contributed by atoms with Crippen molar-refractivity contribution in [2.45, 2.75) is 33.7 Å². The Kier molecular flexibility index (Phi) is 4.33. The van der Waals surface area contributed by atoms with Gasteiger partial charge >= 0.3 is 0 Å². The van der Waals surface area contributed by atoms with E-state index in [2.05, 4.69) is 21.2 Å². The van der Waals surface area contributed by atoms with Crippen LogP contribution in [-0.2, 0) is 0 Å². The first-order valence-corrected chi connectivity index (χ1v) is 7.33. The molecule has 1 aromatic carbocycles. The van der Waals surface area contributed by atoms with Crippen LogP contribution in [0, 0.1) is 20.8 Å². The number of amides is 1. The van der Waals surface area contributed by atoms with Gasteiger partial charge in [0.2, 0.25) is 0 Å². The lowest BCUT2D eigenvalue weighted by atomic mass is 10.1. The third-order valence-electron chi connectivity index (χ3n) is 3.51. The molecule has 4 heteroatoms. The van der Waals surface area contributed by atoms with Crippen molar-refractivity contribution in [3.05, 3.63) is 56.9 Å². The molecule has 1 amide bonds. The van der Waals surface area contributed by atoms with Crippen LogP contribution in [0.2, 0.25) is 0 Å². The van der Waals surface area contributed by atoms with Gasteiger partial charge in [-0.15, -0.1) is 0 Å². The minimum atomic E-state index is -0.0971. The average molecular weight is 336 g/mol. The Morgan fingerprint density at radius 2 is 1.85 bits per heavy atom. The number of furan rings is 1. The summed E-state index contributed by atoms with van der Waals surface area (Å²) in [6.45, 7) is 7.56. The standard InChI is InChI=1S/C16H18BrNO2/c1-9-11(3)20-12(4)15(9)16(19)18-10(2)13-7-5-6-8-14(13)17/h5-8,10H,1-4H3,(H,18,19)/t10-/m0/s1. The number of carbonyl (C=O) groups is 1. The van der Waals surface area contributed by atoms with Gasteiger partial charge in [0.15, 0.2) is 0 Å². The summed E-state index contributed by atoms with van der Waals surface area (Å²) in [7, 11) is 0. The predicted molar refractivity (Wildman–Crippen MR) is 82.9 cm³/mol. The fourth-order valence-electron chi connectivity index (χ4n) is 2.30. The molecule has 0 saturated carbocycles. The molecule has 0 unspecified atom stereocenters. The van der Waals surface area contributed by atoms with E-state index in [1.54, 1.807) is 0 Å². The van der Waals surface area contributed by atoms with Crippen molar-refractivity contribution in [2.75, 3.05) is 0 Å². The molecule has 0 aliphatic carbocycles. The number of halogens is 1. The predicted octanol–water partition coefficient (Wildman–Crippen LogP) is 4.46. The van der Waals surface area contributed by atoms with Crippen molar-refractivity contribution in [3.8, 4) is 0 Å². The third kappa shape index (κ3) is 2.80. The molecule has 3 nitrogen and oxygen atoms in total. The molecule has 0 spiro atoms. The Morgan fingerprint density at radius 3 is 2.40 bits per heavy atom. The normalized spacial score (nSPS) is 12.2. The summed E-state index contributed by atoms with van der Waals surface area (Å²) in [5.41, 5.74) is 2.59. The number of carbonyl (C=O) groups excluding carboxylic acids is 1. The second-order valence-electron chi connectivity index (χ2n) is 4.93. The van der Waals surface area contributed by atoms with Crippen molar-refractivity contribution in [3.63, 3.8) is 0 Å². The lowest BCUT2D eigenvalue weighted by Gasteiger charge is -2.16. The van der Waals surface area contributed by atoms with Crippen LogP contribution >= 0.6 is 15.9 Å². The van der Waals surface area contributed by atoms with Gasteiger partial charge in [0.1, 0.15) is 11.5 Å². The highest BCUT2D eigenvalue weighted by Crippen LogP contribution is 2.25. The number of hydrogen-bond acceptors (Lipinski definition) is 2. The van der Waals surface area contributed by atoms with E-state index >= 15 is 0 Å². The molecular formula is C16H18BrNO2. The van der Waals surface area contributed by atoms with Crippen molar-refractivity contribution in [1.82, 2.24) is 5.32 Å². The largest absolute Gasteiger partial charge is 0.466 e. The van der Waals surface area contributed by atoms with E-state index in [0.29, 0.717) is 11.3 Å². The minimum absolute atomic E-state index is 0.0768. The number of rotatable bonds is 3. The molecule has 20 heavy (non-hydrogen) atoms. The molecule has 0 aliphatic heterocycles. The Labute approximate surface area is 127 Å². The van der Waals surface area contributed by atoms with Gasteiger partial charge in [-0.05, 0) is 39.3 Å². The van der Waals surface area contributed by atoms with Crippen LogP contribution in [0.25, 0.3) is 0 Å².